The number of furan rings is 1. The van der Waals surface area contributed by atoms with Crippen LogP contribution in [0.3, 0.4) is 0 Å². The summed E-state index contributed by atoms with van der Waals surface area (Å²) in [6.45, 7) is 9.07. The first-order valence-corrected chi connectivity index (χ1v) is 11.4. The van der Waals surface area contributed by atoms with Gasteiger partial charge in [0.2, 0.25) is 0 Å². The lowest BCUT2D eigenvalue weighted by atomic mass is 10.1. The van der Waals surface area contributed by atoms with Crippen LogP contribution in [0.25, 0.3) is 32.0 Å². The Morgan fingerprint density at radius 2 is 1.60 bits per heavy atom. The van der Waals surface area contributed by atoms with Crippen LogP contribution in [0.15, 0.2) is 65.1 Å². The van der Waals surface area contributed by atoms with Crippen LogP contribution in [-0.4, -0.2) is 12.2 Å². The van der Waals surface area contributed by atoms with Gasteiger partial charge in [-0.3, -0.25) is 0 Å². The third kappa shape index (κ3) is 2.25. The summed E-state index contributed by atoms with van der Waals surface area (Å²) >= 11 is 1.88. The van der Waals surface area contributed by atoms with Gasteiger partial charge in [0, 0.05) is 26.9 Å². The smallest absolute Gasteiger partial charge is 0.159 e. The number of hydrogen-bond donors (Lipinski definition) is 0. The van der Waals surface area contributed by atoms with E-state index in [0.717, 1.165) is 11.2 Å². The molecule has 0 amide bonds. The van der Waals surface area contributed by atoms with E-state index in [4.69, 9.17) is 4.42 Å². The minimum absolute atomic E-state index is 0.216. The number of thiophene rings is 1. The van der Waals surface area contributed by atoms with Crippen molar-refractivity contribution in [1.29, 1.82) is 0 Å². The SMILES string of the molecule is Cc1ccc2c(oc3ccccc32)c1N1c2sc3ccccc3c2N(C(C)C)[C@@H]1C. The number of fused-ring (bicyclic) bond motifs is 6. The Labute approximate surface area is 180 Å². The van der Waals surface area contributed by atoms with Crippen molar-refractivity contribution >= 4 is 59.7 Å². The second-order valence-corrected chi connectivity index (χ2v) is 9.49. The Kier molecular flexibility index (Phi) is 3.72. The lowest BCUT2D eigenvalue weighted by Gasteiger charge is -2.34. The van der Waals surface area contributed by atoms with Crippen molar-refractivity contribution in [3.8, 4) is 0 Å². The van der Waals surface area contributed by atoms with Crippen LogP contribution in [0.4, 0.5) is 16.4 Å². The molecule has 3 heterocycles. The zero-order valence-electron chi connectivity index (χ0n) is 17.6. The Morgan fingerprint density at radius 1 is 0.867 bits per heavy atom. The van der Waals surface area contributed by atoms with Crippen LogP contribution < -0.4 is 9.80 Å². The molecule has 0 saturated carbocycles. The molecule has 6 rings (SSSR count). The van der Waals surface area contributed by atoms with Crippen LogP contribution >= 0.6 is 11.3 Å². The highest BCUT2D eigenvalue weighted by Crippen LogP contribution is 2.55. The summed E-state index contributed by atoms with van der Waals surface area (Å²) in [4.78, 5) is 5.05. The van der Waals surface area contributed by atoms with Crippen molar-refractivity contribution in [2.75, 3.05) is 9.80 Å². The molecule has 0 aliphatic carbocycles. The molecule has 3 aromatic carbocycles. The fourth-order valence-electron chi connectivity index (χ4n) is 5.06. The first-order chi connectivity index (χ1) is 14.6. The molecule has 0 fully saturated rings. The van der Waals surface area contributed by atoms with E-state index in [1.807, 2.05) is 17.4 Å². The summed E-state index contributed by atoms with van der Waals surface area (Å²) in [6, 6.07) is 21.9. The molecule has 0 unspecified atom stereocenters. The van der Waals surface area contributed by atoms with Crippen LogP contribution in [0.5, 0.6) is 0 Å². The monoisotopic (exact) mass is 412 g/mol. The number of hydrogen-bond acceptors (Lipinski definition) is 4. The molecule has 5 aromatic rings. The highest BCUT2D eigenvalue weighted by atomic mass is 32.1. The van der Waals surface area contributed by atoms with Crippen molar-refractivity contribution in [1.82, 2.24) is 0 Å². The predicted octanol–water partition coefficient (Wildman–Crippen LogP) is 7.82. The van der Waals surface area contributed by atoms with Gasteiger partial charge in [-0.15, -0.1) is 11.3 Å². The summed E-state index contributed by atoms with van der Waals surface area (Å²) in [7, 11) is 0. The molecule has 1 atom stereocenters. The molecule has 4 heteroatoms. The highest BCUT2D eigenvalue weighted by molar-refractivity contribution is 7.24. The van der Waals surface area contributed by atoms with Crippen LogP contribution in [0.1, 0.15) is 26.3 Å². The Bertz CT molecular complexity index is 1430. The topological polar surface area (TPSA) is 19.6 Å². The fraction of sp³-hybridized carbons (Fsp3) is 0.231. The molecular formula is C26H24N2OS. The highest BCUT2D eigenvalue weighted by Gasteiger charge is 2.40. The van der Waals surface area contributed by atoms with E-state index in [9.17, 15) is 0 Å². The van der Waals surface area contributed by atoms with Crippen molar-refractivity contribution in [3.05, 3.63) is 66.2 Å². The van der Waals surface area contributed by atoms with Crippen LogP contribution in [0, 0.1) is 6.92 Å². The normalized spacial score (nSPS) is 16.5. The predicted molar refractivity (Wildman–Crippen MR) is 129 cm³/mol. The molecule has 1 aliphatic rings. The first-order valence-electron chi connectivity index (χ1n) is 10.6. The van der Waals surface area contributed by atoms with Gasteiger partial charge in [0.1, 0.15) is 16.7 Å². The van der Waals surface area contributed by atoms with Crippen molar-refractivity contribution in [2.24, 2.45) is 0 Å². The zero-order valence-corrected chi connectivity index (χ0v) is 18.5. The van der Waals surface area contributed by atoms with Crippen LogP contribution in [0.2, 0.25) is 0 Å². The maximum atomic E-state index is 6.45. The number of rotatable bonds is 2. The number of para-hydroxylation sites is 1. The van der Waals surface area contributed by atoms with Gasteiger partial charge in [0.25, 0.3) is 0 Å². The van der Waals surface area contributed by atoms with Gasteiger partial charge in [-0.05, 0) is 45.4 Å². The number of nitrogens with zero attached hydrogens (tertiary/aromatic N) is 2. The second-order valence-electron chi connectivity index (χ2n) is 8.46. The molecule has 150 valence electrons. The van der Waals surface area contributed by atoms with Crippen LogP contribution in [-0.2, 0) is 0 Å². The maximum absolute atomic E-state index is 6.45. The average molecular weight is 413 g/mol. The van der Waals surface area contributed by atoms with E-state index in [-0.39, 0.29) is 6.17 Å². The largest absolute Gasteiger partial charge is 0.454 e. The van der Waals surface area contributed by atoms with Gasteiger partial charge in [-0.1, -0.05) is 48.5 Å². The van der Waals surface area contributed by atoms with Gasteiger partial charge in [0.05, 0.1) is 11.4 Å². The van der Waals surface area contributed by atoms with E-state index >= 15 is 0 Å². The van der Waals surface area contributed by atoms with Gasteiger partial charge in [0.15, 0.2) is 5.58 Å². The first kappa shape index (κ1) is 17.8. The lowest BCUT2D eigenvalue weighted by Crippen LogP contribution is -2.42. The maximum Gasteiger partial charge on any atom is 0.159 e. The molecule has 2 aromatic heterocycles. The lowest BCUT2D eigenvalue weighted by molar-refractivity contribution is 0.604. The second kappa shape index (κ2) is 6.26. The molecule has 0 radical (unpaired) electrons. The number of aryl methyl sites for hydroxylation is 1. The summed E-state index contributed by atoms with van der Waals surface area (Å²) in [5.74, 6) is 0. The van der Waals surface area contributed by atoms with Crippen molar-refractivity contribution in [3.63, 3.8) is 0 Å². The Morgan fingerprint density at radius 3 is 2.40 bits per heavy atom. The average Bonchev–Trinajstić information content (AvgIpc) is 3.36. The third-order valence-electron chi connectivity index (χ3n) is 6.32. The van der Waals surface area contributed by atoms with Gasteiger partial charge < -0.3 is 14.2 Å². The molecule has 0 spiro atoms. The third-order valence-corrected chi connectivity index (χ3v) is 7.48. The number of anilines is 3. The van der Waals surface area contributed by atoms with E-state index < -0.39 is 0 Å². The summed E-state index contributed by atoms with van der Waals surface area (Å²) in [5.41, 5.74) is 5.71. The van der Waals surface area contributed by atoms with E-state index in [2.05, 4.69) is 92.1 Å². The van der Waals surface area contributed by atoms with Gasteiger partial charge in [-0.2, -0.15) is 0 Å². The zero-order chi connectivity index (χ0) is 20.6. The molecule has 0 N–H and O–H groups in total. The van der Waals surface area contributed by atoms with Crippen molar-refractivity contribution in [2.45, 2.75) is 39.9 Å². The van der Waals surface area contributed by atoms with E-state index in [1.165, 1.54) is 42.8 Å². The van der Waals surface area contributed by atoms with E-state index in [0.29, 0.717) is 6.04 Å². The van der Waals surface area contributed by atoms with Crippen molar-refractivity contribution < 1.29 is 4.42 Å². The summed E-state index contributed by atoms with van der Waals surface area (Å²) in [6.07, 6.45) is 0.216. The van der Waals surface area contributed by atoms with Gasteiger partial charge >= 0.3 is 0 Å². The molecular weight excluding hydrogens is 388 g/mol. The number of benzene rings is 3. The fourth-order valence-corrected chi connectivity index (χ4v) is 6.35. The molecule has 1 aliphatic heterocycles. The summed E-state index contributed by atoms with van der Waals surface area (Å²) < 4.78 is 7.79. The minimum Gasteiger partial charge on any atom is -0.454 e. The molecule has 0 saturated heterocycles. The Hall–Kier alpha value is -2.98. The standard InChI is InChI=1S/C26H24N2OS/c1-15(2)27-17(4)28(26-24(27)20-10-6-8-12-22(20)30-26)23-16(3)13-14-19-18-9-5-7-11-21(18)29-25(19)23/h5-15,17H,1-4H3/t17-/m0/s1. The molecule has 30 heavy (non-hydrogen) atoms. The quantitative estimate of drug-likeness (QED) is 0.295. The molecule has 3 nitrogen and oxygen atoms in total. The Balaban J connectivity index is 1.69. The summed E-state index contributed by atoms with van der Waals surface area (Å²) in [5, 5.41) is 5.02. The molecule has 0 bridgehead atoms. The van der Waals surface area contributed by atoms with E-state index in [1.54, 1.807) is 0 Å². The van der Waals surface area contributed by atoms with Gasteiger partial charge in [-0.25, -0.2) is 0 Å². The minimum atomic E-state index is 0.216.